The van der Waals surface area contributed by atoms with E-state index in [9.17, 15) is 0 Å². The van der Waals surface area contributed by atoms with E-state index in [1.165, 1.54) is 38.5 Å². The molecule has 0 N–H and O–H groups in total. The molecule has 3 aliphatic carbocycles. The number of hydrogen-bond donors (Lipinski definition) is 0. The van der Waals surface area contributed by atoms with Crippen LogP contribution in [0.15, 0.2) is 36.4 Å². The Kier molecular flexibility index (Phi) is 6.00. The van der Waals surface area contributed by atoms with Crippen LogP contribution in [-0.2, 0) is 25.7 Å². The monoisotopic (exact) mass is 382 g/mol. The second kappa shape index (κ2) is 8.44. The fraction of sp³-hybridized carbons (Fsp3) is 0.500. The normalized spacial score (nSPS) is 22.8. The van der Waals surface area contributed by atoms with E-state index < -0.39 is 0 Å². The molecule has 0 amide bonds. The second-order valence-electron chi connectivity index (χ2n) is 7.94. The van der Waals surface area contributed by atoms with Gasteiger partial charge in [0.05, 0.1) is 0 Å². The average Bonchev–Trinajstić information content (AvgIpc) is 2.65. The Hall–Kier alpha value is -0.860. The number of fused-ring (bicyclic) bond motifs is 7. The smallest absolute Gasteiger partial charge is 0.0335 e. The first-order valence-corrected chi connectivity index (χ1v) is 12.6. The maximum absolute atomic E-state index is 2.52. The molecule has 138 valence electrons. The summed E-state index contributed by atoms with van der Waals surface area (Å²) in [5.74, 6) is 0. The van der Waals surface area contributed by atoms with E-state index in [0.717, 1.165) is 12.8 Å². The number of hydrogen-bond acceptors (Lipinski definition) is 2. The molecule has 2 aromatic carbocycles. The van der Waals surface area contributed by atoms with E-state index in [2.05, 4.69) is 48.9 Å². The highest BCUT2D eigenvalue weighted by Crippen LogP contribution is 2.39. The van der Waals surface area contributed by atoms with E-state index in [4.69, 9.17) is 0 Å². The zero-order valence-corrected chi connectivity index (χ0v) is 17.7. The van der Waals surface area contributed by atoms with Gasteiger partial charge < -0.3 is 0 Å². The molecule has 0 aliphatic heterocycles. The molecule has 3 aliphatic rings. The van der Waals surface area contributed by atoms with Gasteiger partial charge in [0.15, 0.2) is 0 Å². The minimum atomic E-state index is 0.570. The van der Waals surface area contributed by atoms with Gasteiger partial charge in [0.25, 0.3) is 0 Å². The van der Waals surface area contributed by atoms with Gasteiger partial charge in [-0.2, -0.15) is 23.5 Å². The van der Waals surface area contributed by atoms with Gasteiger partial charge in [-0.3, -0.25) is 0 Å². The summed E-state index contributed by atoms with van der Waals surface area (Å²) in [6, 6.07) is 15.0. The maximum atomic E-state index is 2.52. The molecule has 2 atom stereocenters. The molecule has 5 rings (SSSR count). The summed E-state index contributed by atoms with van der Waals surface area (Å²) in [5, 5.41) is 1.14. The summed E-state index contributed by atoms with van der Waals surface area (Å²) in [4.78, 5) is 0. The van der Waals surface area contributed by atoms with Gasteiger partial charge in [-0.05, 0) is 84.4 Å². The first-order chi connectivity index (χ1) is 12.7. The highest BCUT2D eigenvalue weighted by molar-refractivity contribution is 7.99. The lowest BCUT2D eigenvalue weighted by molar-refractivity contribution is 0.638. The van der Waals surface area contributed by atoms with Crippen LogP contribution in [-0.4, -0.2) is 12.5 Å². The van der Waals surface area contributed by atoms with E-state index in [0.29, 0.717) is 10.5 Å². The molecule has 2 aromatic rings. The molecule has 0 fully saturated rings. The molecule has 0 spiro atoms. The van der Waals surface area contributed by atoms with Crippen LogP contribution >= 0.6 is 23.5 Å². The van der Waals surface area contributed by atoms with Crippen LogP contribution in [0.1, 0.15) is 69.6 Å². The zero-order valence-electron chi connectivity index (χ0n) is 16.1. The molecule has 0 heterocycles. The van der Waals surface area contributed by atoms with Crippen molar-refractivity contribution in [3.05, 3.63) is 69.8 Å². The Morgan fingerprint density at radius 2 is 1.04 bits per heavy atom. The quantitative estimate of drug-likeness (QED) is 0.551. The molecule has 2 unspecified atom stereocenters. The molecular formula is C24H30S2. The largest absolute Gasteiger partial charge is 0.157 e. The summed E-state index contributed by atoms with van der Waals surface area (Å²) in [6.07, 6.45) is 14.8. The van der Waals surface area contributed by atoms with Crippen molar-refractivity contribution in [2.45, 2.75) is 61.9 Å². The standard InChI is InChI=1S/C24H30S2/c1-25-23-14-19-9-17-7-5-3-4-6-8-18-12-21(23)16-22(13-18)24(26-2)15-20(10-17)11-19/h9-13,16,23-24H,3-8,14-15H2,1-2H3. The second-order valence-corrected chi connectivity index (χ2v) is 10.0. The molecule has 0 radical (unpaired) electrons. The van der Waals surface area contributed by atoms with Gasteiger partial charge in [0.2, 0.25) is 0 Å². The van der Waals surface area contributed by atoms with Gasteiger partial charge >= 0.3 is 0 Å². The van der Waals surface area contributed by atoms with Crippen LogP contribution < -0.4 is 0 Å². The van der Waals surface area contributed by atoms with Crippen LogP contribution in [0.2, 0.25) is 0 Å². The van der Waals surface area contributed by atoms with E-state index >= 15 is 0 Å². The Balaban J connectivity index is 1.88. The van der Waals surface area contributed by atoms with E-state index in [1.807, 2.05) is 23.5 Å². The van der Waals surface area contributed by atoms with Crippen LogP contribution in [0.3, 0.4) is 0 Å². The first kappa shape index (κ1) is 18.5. The summed E-state index contributed by atoms with van der Waals surface area (Å²) < 4.78 is 0. The SMILES string of the molecule is CSC1Cc2cc3cc(c2)CC(SC)c2cc(cc1c2)CCCCCC3. The predicted octanol–water partition coefficient (Wildman–Crippen LogP) is 6.95. The molecule has 0 saturated carbocycles. The van der Waals surface area contributed by atoms with E-state index in [1.54, 1.807) is 33.4 Å². The van der Waals surface area contributed by atoms with Crippen LogP contribution in [0.25, 0.3) is 0 Å². The van der Waals surface area contributed by atoms with Crippen molar-refractivity contribution in [3.8, 4) is 0 Å². The van der Waals surface area contributed by atoms with Crippen molar-refractivity contribution in [3.63, 3.8) is 0 Å². The van der Waals surface area contributed by atoms with Gasteiger partial charge in [-0.1, -0.05) is 49.2 Å². The minimum absolute atomic E-state index is 0.570. The lowest BCUT2D eigenvalue weighted by Crippen LogP contribution is -2.09. The Morgan fingerprint density at radius 3 is 1.54 bits per heavy atom. The van der Waals surface area contributed by atoms with Gasteiger partial charge in [-0.25, -0.2) is 0 Å². The first-order valence-electron chi connectivity index (χ1n) is 10.1. The lowest BCUT2D eigenvalue weighted by atomic mass is 9.89. The predicted molar refractivity (Wildman–Crippen MR) is 119 cm³/mol. The van der Waals surface area contributed by atoms with Crippen molar-refractivity contribution >= 4 is 23.5 Å². The van der Waals surface area contributed by atoms with Gasteiger partial charge in [0.1, 0.15) is 0 Å². The number of rotatable bonds is 2. The molecule has 0 nitrogen and oxygen atoms in total. The highest BCUT2D eigenvalue weighted by Gasteiger charge is 2.20. The van der Waals surface area contributed by atoms with Crippen LogP contribution in [0.4, 0.5) is 0 Å². The highest BCUT2D eigenvalue weighted by atomic mass is 32.2. The Labute approximate surface area is 167 Å². The van der Waals surface area contributed by atoms with E-state index in [-0.39, 0.29) is 0 Å². The number of thioether (sulfide) groups is 2. The molecule has 26 heavy (non-hydrogen) atoms. The molecular weight excluding hydrogens is 352 g/mol. The summed E-state index contributed by atoms with van der Waals surface area (Å²) in [6.45, 7) is 0. The third-order valence-electron chi connectivity index (χ3n) is 5.99. The third kappa shape index (κ3) is 4.17. The number of benzene rings is 2. The van der Waals surface area contributed by atoms with Crippen molar-refractivity contribution in [1.82, 2.24) is 0 Å². The van der Waals surface area contributed by atoms with Crippen LogP contribution in [0, 0.1) is 0 Å². The van der Waals surface area contributed by atoms with Crippen molar-refractivity contribution < 1.29 is 0 Å². The summed E-state index contributed by atoms with van der Waals surface area (Å²) in [5.41, 5.74) is 9.33. The Bertz CT molecular complexity index is 714. The fourth-order valence-corrected chi connectivity index (χ4v) is 6.13. The summed E-state index contributed by atoms with van der Waals surface area (Å²) >= 11 is 4.04. The third-order valence-corrected chi connectivity index (χ3v) is 8.00. The number of aryl methyl sites for hydroxylation is 2. The van der Waals surface area contributed by atoms with Crippen LogP contribution in [0.5, 0.6) is 0 Å². The Morgan fingerprint density at radius 1 is 0.577 bits per heavy atom. The average molecular weight is 383 g/mol. The topological polar surface area (TPSA) is 0 Å². The molecule has 2 heteroatoms. The molecule has 0 aromatic heterocycles. The minimum Gasteiger partial charge on any atom is -0.157 e. The fourth-order valence-electron chi connectivity index (χ4n) is 4.60. The van der Waals surface area contributed by atoms with Gasteiger partial charge in [0, 0.05) is 10.5 Å². The molecule has 6 bridgehead atoms. The lowest BCUT2D eigenvalue weighted by Gasteiger charge is -2.25. The maximum Gasteiger partial charge on any atom is 0.0335 e. The zero-order chi connectivity index (χ0) is 17.9. The van der Waals surface area contributed by atoms with Gasteiger partial charge in [-0.15, -0.1) is 0 Å². The summed E-state index contributed by atoms with van der Waals surface area (Å²) in [7, 11) is 0. The van der Waals surface area contributed by atoms with Crippen molar-refractivity contribution in [2.24, 2.45) is 0 Å². The van der Waals surface area contributed by atoms with Crippen molar-refractivity contribution in [2.75, 3.05) is 12.5 Å². The molecule has 0 saturated heterocycles. The van der Waals surface area contributed by atoms with Crippen molar-refractivity contribution in [1.29, 1.82) is 0 Å².